The molecule has 0 unspecified atom stereocenters. The van der Waals surface area contributed by atoms with Crippen molar-refractivity contribution < 1.29 is 0 Å². The molecule has 0 heterocycles. The molecule has 0 aliphatic carbocycles. The summed E-state index contributed by atoms with van der Waals surface area (Å²) in [7, 11) is 0. The van der Waals surface area contributed by atoms with E-state index in [1.165, 1.54) is 13.6 Å². The zero-order valence-corrected chi connectivity index (χ0v) is 8.78. The second-order valence-electron chi connectivity index (χ2n) is 1.29. The van der Waals surface area contributed by atoms with E-state index in [2.05, 4.69) is 59.0 Å². The van der Waals surface area contributed by atoms with Crippen LogP contribution in [0.1, 0.15) is 20.3 Å². The molecule has 0 saturated heterocycles. The average molecular weight is 322 g/mol. The summed E-state index contributed by atoms with van der Waals surface area (Å²) in [5.41, 5.74) is 0. The highest BCUT2D eigenvalue weighted by Crippen LogP contribution is 2.20. The minimum Gasteiger partial charge on any atom is -0.0608 e. The van der Waals surface area contributed by atoms with Crippen molar-refractivity contribution >= 4 is 45.2 Å². The molecule has 0 radical (unpaired) electrons. The Morgan fingerprint density at radius 1 is 1.43 bits per heavy atom. The number of halogens is 2. The van der Waals surface area contributed by atoms with Gasteiger partial charge < -0.3 is 0 Å². The summed E-state index contributed by atoms with van der Waals surface area (Å²) < 4.78 is 2.89. The smallest absolute Gasteiger partial charge is 0.000700 e. The average Bonchev–Trinajstić information content (AvgIpc) is 1.65. The maximum atomic E-state index is 2.37. The summed E-state index contributed by atoms with van der Waals surface area (Å²) in [5, 5.41) is 0. The number of hydrogen-bond acceptors (Lipinski definition) is 0. The summed E-state index contributed by atoms with van der Waals surface area (Å²) in [6, 6.07) is 0. The van der Waals surface area contributed by atoms with Crippen LogP contribution in [-0.2, 0) is 0 Å². The lowest BCUT2D eigenvalue weighted by molar-refractivity contribution is 1.20. The van der Waals surface area contributed by atoms with Gasteiger partial charge in [-0.05, 0) is 65.7 Å². The van der Waals surface area contributed by atoms with Crippen molar-refractivity contribution in [1.29, 1.82) is 0 Å². The fourth-order valence-corrected chi connectivity index (χ4v) is 0.625. The van der Waals surface area contributed by atoms with Crippen molar-refractivity contribution in [3.8, 4) is 0 Å². The predicted molar refractivity (Wildman–Crippen MR) is 51.0 cm³/mol. The van der Waals surface area contributed by atoms with Gasteiger partial charge in [-0.1, -0.05) is 6.92 Å². The molecule has 0 atom stereocenters. The van der Waals surface area contributed by atoms with Gasteiger partial charge >= 0.3 is 0 Å². The van der Waals surface area contributed by atoms with E-state index in [-0.39, 0.29) is 0 Å². The minimum absolute atomic E-state index is 1.18. The van der Waals surface area contributed by atoms with Gasteiger partial charge in [0.2, 0.25) is 0 Å². The standard InChI is InChI=1S/C5H8I2/c1-3-5(7)4(2)6/h3H2,1-2H3/b5-4+. The second kappa shape index (κ2) is 4.12. The molecule has 0 fully saturated rings. The molecule has 0 saturated carbocycles. The van der Waals surface area contributed by atoms with Crippen LogP contribution < -0.4 is 0 Å². The highest BCUT2D eigenvalue weighted by Gasteiger charge is 1.87. The van der Waals surface area contributed by atoms with Crippen molar-refractivity contribution in [2.75, 3.05) is 0 Å². The van der Waals surface area contributed by atoms with Crippen molar-refractivity contribution in [1.82, 2.24) is 0 Å². The van der Waals surface area contributed by atoms with Crippen molar-refractivity contribution in [3.63, 3.8) is 0 Å². The van der Waals surface area contributed by atoms with Crippen LogP contribution in [0.25, 0.3) is 0 Å². The Morgan fingerprint density at radius 3 is 1.86 bits per heavy atom. The first-order chi connectivity index (χ1) is 3.18. The zero-order valence-electron chi connectivity index (χ0n) is 4.46. The molecule has 0 amide bonds. The highest BCUT2D eigenvalue weighted by atomic mass is 127. The van der Waals surface area contributed by atoms with E-state index in [9.17, 15) is 0 Å². The van der Waals surface area contributed by atoms with E-state index in [1.807, 2.05) is 0 Å². The Morgan fingerprint density at radius 2 is 1.86 bits per heavy atom. The zero-order chi connectivity index (χ0) is 5.86. The molecular formula is C5H8I2. The number of allylic oxidation sites excluding steroid dienone is 2. The fraction of sp³-hybridized carbons (Fsp3) is 0.600. The Labute approximate surface area is 72.0 Å². The first-order valence-electron chi connectivity index (χ1n) is 2.19. The number of hydrogen-bond donors (Lipinski definition) is 0. The lowest BCUT2D eigenvalue weighted by Crippen LogP contribution is -1.64. The van der Waals surface area contributed by atoms with Crippen LogP contribution in [-0.4, -0.2) is 0 Å². The molecule has 0 aromatic rings. The largest absolute Gasteiger partial charge is 0.0608 e. The third-order valence-corrected chi connectivity index (χ3v) is 3.94. The third kappa shape index (κ3) is 3.76. The molecule has 0 aromatic heterocycles. The van der Waals surface area contributed by atoms with Crippen molar-refractivity contribution in [3.05, 3.63) is 7.16 Å². The molecule has 7 heavy (non-hydrogen) atoms. The van der Waals surface area contributed by atoms with Crippen LogP contribution >= 0.6 is 45.2 Å². The van der Waals surface area contributed by atoms with E-state index in [4.69, 9.17) is 0 Å². The molecule has 0 aliphatic heterocycles. The monoisotopic (exact) mass is 322 g/mol. The van der Waals surface area contributed by atoms with E-state index >= 15 is 0 Å². The highest BCUT2D eigenvalue weighted by molar-refractivity contribution is 14.1. The first kappa shape index (κ1) is 8.20. The third-order valence-electron chi connectivity index (χ3n) is 0.684. The molecule has 0 aliphatic rings. The van der Waals surface area contributed by atoms with Crippen LogP contribution in [0.3, 0.4) is 0 Å². The van der Waals surface area contributed by atoms with Gasteiger partial charge in [0, 0.05) is 0 Å². The van der Waals surface area contributed by atoms with Gasteiger partial charge in [0.15, 0.2) is 0 Å². The normalized spacial score (nSPS) is 13.7. The lowest BCUT2D eigenvalue weighted by atomic mass is 10.4. The van der Waals surface area contributed by atoms with Gasteiger partial charge in [-0.25, -0.2) is 0 Å². The molecule has 0 nitrogen and oxygen atoms in total. The molecular weight excluding hydrogens is 314 g/mol. The van der Waals surface area contributed by atoms with Gasteiger partial charge in [0.1, 0.15) is 0 Å². The summed E-state index contributed by atoms with van der Waals surface area (Å²) in [5.74, 6) is 0. The van der Waals surface area contributed by atoms with Crippen LogP contribution in [0, 0.1) is 0 Å². The topological polar surface area (TPSA) is 0 Å². The molecule has 0 spiro atoms. The van der Waals surface area contributed by atoms with Crippen LogP contribution in [0.5, 0.6) is 0 Å². The Hall–Kier alpha value is 1.20. The van der Waals surface area contributed by atoms with Gasteiger partial charge in [-0.15, -0.1) is 0 Å². The Kier molecular flexibility index (Phi) is 4.82. The minimum atomic E-state index is 1.18. The molecule has 0 rings (SSSR count). The van der Waals surface area contributed by atoms with Gasteiger partial charge in [0.05, 0.1) is 0 Å². The summed E-state index contributed by atoms with van der Waals surface area (Å²) in [6.45, 7) is 4.30. The summed E-state index contributed by atoms with van der Waals surface area (Å²) in [4.78, 5) is 0. The predicted octanol–water partition coefficient (Wildman–Crippen LogP) is 3.50. The van der Waals surface area contributed by atoms with Crippen LogP contribution in [0.2, 0.25) is 0 Å². The van der Waals surface area contributed by atoms with E-state index in [0.717, 1.165) is 0 Å². The molecule has 0 bridgehead atoms. The van der Waals surface area contributed by atoms with Crippen molar-refractivity contribution in [2.45, 2.75) is 20.3 Å². The fourth-order valence-electron chi connectivity index (χ4n) is 0.244. The second-order valence-corrected chi connectivity index (χ2v) is 4.21. The van der Waals surface area contributed by atoms with Crippen LogP contribution in [0.4, 0.5) is 0 Å². The molecule has 0 N–H and O–H groups in total. The number of rotatable bonds is 1. The SMILES string of the molecule is CC/C(I)=C(/C)I. The Bertz CT molecular complexity index is 80.1. The van der Waals surface area contributed by atoms with Gasteiger partial charge in [0.25, 0.3) is 0 Å². The lowest BCUT2D eigenvalue weighted by Gasteiger charge is -1.90. The van der Waals surface area contributed by atoms with Crippen molar-refractivity contribution in [2.24, 2.45) is 0 Å². The summed E-state index contributed by atoms with van der Waals surface area (Å²) in [6.07, 6.45) is 1.18. The van der Waals surface area contributed by atoms with Gasteiger partial charge in [-0.2, -0.15) is 0 Å². The molecule has 2 heteroatoms. The Balaban J connectivity index is 3.72. The van der Waals surface area contributed by atoms with Gasteiger partial charge in [-0.3, -0.25) is 0 Å². The van der Waals surface area contributed by atoms with E-state index in [0.29, 0.717) is 0 Å². The molecule has 0 aromatic carbocycles. The summed E-state index contributed by atoms with van der Waals surface area (Å²) >= 11 is 4.71. The van der Waals surface area contributed by atoms with E-state index in [1.54, 1.807) is 0 Å². The maximum absolute atomic E-state index is 2.37. The molecule has 42 valence electrons. The maximum Gasteiger partial charge on any atom is -0.000700 e. The van der Waals surface area contributed by atoms with Crippen LogP contribution in [0.15, 0.2) is 7.16 Å². The quantitative estimate of drug-likeness (QED) is 0.648. The van der Waals surface area contributed by atoms with E-state index < -0.39 is 0 Å². The first-order valence-corrected chi connectivity index (χ1v) is 4.35.